The van der Waals surface area contributed by atoms with Gasteiger partial charge in [-0.25, -0.2) is 0 Å². The van der Waals surface area contributed by atoms with Crippen molar-refractivity contribution >= 4 is 6.08 Å². The first-order valence-electron chi connectivity index (χ1n) is 5.70. The Morgan fingerprint density at radius 2 is 1.93 bits per heavy atom. The fourth-order valence-electron chi connectivity index (χ4n) is 2.04. The standard InChI is InChI=1S/C14H19N/c1-10(2)12(13-9-14(13)15)8-11-6-4-3-5-7-11/h3-8,10,13-14H,9,15H2,1-2H3/b12-8+. The van der Waals surface area contributed by atoms with E-state index in [1.165, 1.54) is 11.1 Å². The van der Waals surface area contributed by atoms with Crippen LogP contribution in [0.15, 0.2) is 35.9 Å². The van der Waals surface area contributed by atoms with Crippen molar-refractivity contribution in [1.29, 1.82) is 0 Å². The van der Waals surface area contributed by atoms with Crippen LogP contribution in [0.2, 0.25) is 0 Å². The Balaban J connectivity index is 2.21. The van der Waals surface area contributed by atoms with Gasteiger partial charge in [0.15, 0.2) is 0 Å². The maximum atomic E-state index is 5.92. The van der Waals surface area contributed by atoms with E-state index in [1.807, 2.05) is 0 Å². The van der Waals surface area contributed by atoms with Gasteiger partial charge in [-0.3, -0.25) is 0 Å². The number of hydrogen-bond acceptors (Lipinski definition) is 1. The molecule has 0 heterocycles. The minimum Gasteiger partial charge on any atom is -0.327 e. The van der Waals surface area contributed by atoms with E-state index >= 15 is 0 Å². The van der Waals surface area contributed by atoms with Gasteiger partial charge in [-0.15, -0.1) is 0 Å². The van der Waals surface area contributed by atoms with Crippen LogP contribution in [0, 0.1) is 11.8 Å². The zero-order valence-corrected chi connectivity index (χ0v) is 9.48. The Labute approximate surface area is 92.0 Å². The molecule has 0 aliphatic heterocycles. The minimum atomic E-state index is 0.405. The summed E-state index contributed by atoms with van der Waals surface area (Å²) in [6.07, 6.45) is 3.47. The number of rotatable bonds is 3. The summed E-state index contributed by atoms with van der Waals surface area (Å²) in [5, 5.41) is 0. The van der Waals surface area contributed by atoms with E-state index in [9.17, 15) is 0 Å². The summed E-state index contributed by atoms with van der Waals surface area (Å²) in [6, 6.07) is 10.9. The molecule has 1 aromatic carbocycles. The molecule has 80 valence electrons. The summed E-state index contributed by atoms with van der Waals surface area (Å²) >= 11 is 0. The zero-order valence-electron chi connectivity index (χ0n) is 9.48. The molecule has 0 amide bonds. The van der Waals surface area contributed by atoms with Crippen LogP contribution >= 0.6 is 0 Å². The van der Waals surface area contributed by atoms with Gasteiger partial charge in [-0.05, 0) is 23.8 Å². The van der Waals surface area contributed by atoms with Gasteiger partial charge in [0, 0.05) is 6.04 Å². The van der Waals surface area contributed by atoms with E-state index in [0.29, 0.717) is 17.9 Å². The Hall–Kier alpha value is -1.08. The van der Waals surface area contributed by atoms with Gasteiger partial charge < -0.3 is 5.73 Å². The summed E-state index contributed by atoms with van der Waals surface area (Å²) in [4.78, 5) is 0. The van der Waals surface area contributed by atoms with Gasteiger partial charge in [0.25, 0.3) is 0 Å². The third-order valence-corrected chi connectivity index (χ3v) is 3.07. The van der Waals surface area contributed by atoms with E-state index in [4.69, 9.17) is 5.73 Å². The van der Waals surface area contributed by atoms with Crippen LogP contribution in [0.25, 0.3) is 6.08 Å². The number of nitrogens with two attached hydrogens (primary N) is 1. The highest BCUT2D eigenvalue weighted by molar-refractivity contribution is 5.55. The molecule has 1 aliphatic rings. The first kappa shape index (κ1) is 10.4. The van der Waals surface area contributed by atoms with Crippen molar-refractivity contribution in [1.82, 2.24) is 0 Å². The molecule has 1 heteroatoms. The van der Waals surface area contributed by atoms with Gasteiger partial charge in [-0.2, -0.15) is 0 Å². The van der Waals surface area contributed by atoms with E-state index in [-0.39, 0.29) is 0 Å². The fourth-order valence-corrected chi connectivity index (χ4v) is 2.04. The summed E-state index contributed by atoms with van der Waals surface area (Å²) in [6.45, 7) is 4.50. The van der Waals surface area contributed by atoms with Crippen molar-refractivity contribution in [2.45, 2.75) is 26.3 Å². The molecule has 0 bridgehead atoms. The average molecular weight is 201 g/mol. The van der Waals surface area contributed by atoms with Gasteiger partial charge in [0.2, 0.25) is 0 Å². The molecule has 0 saturated heterocycles. The second-order valence-electron chi connectivity index (χ2n) is 4.72. The molecular formula is C14H19N. The molecule has 1 aromatic rings. The third kappa shape index (κ3) is 2.48. The van der Waals surface area contributed by atoms with Gasteiger partial charge in [-0.1, -0.05) is 55.8 Å². The van der Waals surface area contributed by atoms with Crippen molar-refractivity contribution in [2.75, 3.05) is 0 Å². The van der Waals surface area contributed by atoms with Crippen LogP contribution in [-0.4, -0.2) is 6.04 Å². The molecule has 2 rings (SSSR count). The predicted molar refractivity (Wildman–Crippen MR) is 65.3 cm³/mol. The van der Waals surface area contributed by atoms with E-state index in [1.54, 1.807) is 0 Å². The number of benzene rings is 1. The fraction of sp³-hybridized carbons (Fsp3) is 0.429. The highest BCUT2D eigenvalue weighted by Crippen LogP contribution is 2.39. The molecule has 15 heavy (non-hydrogen) atoms. The van der Waals surface area contributed by atoms with E-state index < -0.39 is 0 Å². The quantitative estimate of drug-likeness (QED) is 0.799. The molecule has 1 aliphatic carbocycles. The van der Waals surface area contributed by atoms with E-state index in [2.05, 4.69) is 50.3 Å². The zero-order chi connectivity index (χ0) is 10.8. The lowest BCUT2D eigenvalue weighted by Gasteiger charge is -2.10. The minimum absolute atomic E-state index is 0.405. The first-order valence-corrected chi connectivity index (χ1v) is 5.70. The molecule has 0 radical (unpaired) electrons. The SMILES string of the molecule is CC(C)/C(=C\c1ccccc1)C1CC1N. The van der Waals surface area contributed by atoms with Crippen LogP contribution < -0.4 is 5.73 Å². The van der Waals surface area contributed by atoms with Crippen LogP contribution in [0.4, 0.5) is 0 Å². The molecule has 0 aromatic heterocycles. The second kappa shape index (κ2) is 4.19. The topological polar surface area (TPSA) is 26.0 Å². The van der Waals surface area contributed by atoms with Crippen LogP contribution in [0.3, 0.4) is 0 Å². The highest BCUT2D eigenvalue weighted by Gasteiger charge is 2.37. The molecule has 2 N–H and O–H groups in total. The summed E-state index contributed by atoms with van der Waals surface area (Å²) in [7, 11) is 0. The first-order chi connectivity index (χ1) is 7.18. The van der Waals surface area contributed by atoms with Gasteiger partial charge >= 0.3 is 0 Å². The Kier molecular flexibility index (Phi) is 2.92. The Morgan fingerprint density at radius 3 is 2.40 bits per heavy atom. The van der Waals surface area contributed by atoms with Gasteiger partial charge in [0.1, 0.15) is 0 Å². The monoisotopic (exact) mass is 201 g/mol. The van der Waals surface area contributed by atoms with E-state index in [0.717, 1.165) is 6.42 Å². The summed E-state index contributed by atoms with van der Waals surface area (Å²) in [5.74, 6) is 1.23. The maximum Gasteiger partial charge on any atom is 0.0112 e. The van der Waals surface area contributed by atoms with Crippen LogP contribution in [-0.2, 0) is 0 Å². The molecule has 1 saturated carbocycles. The lowest BCUT2D eigenvalue weighted by Crippen LogP contribution is -2.06. The van der Waals surface area contributed by atoms with Gasteiger partial charge in [0.05, 0.1) is 0 Å². The molecule has 0 spiro atoms. The van der Waals surface area contributed by atoms with Crippen LogP contribution in [0.1, 0.15) is 25.8 Å². The molecule has 1 nitrogen and oxygen atoms in total. The predicted octanol–water partition coefficient (Wildman–Crippen LogP) is 3.07. The van der Waals surface area contributed by atoms with Crippen molar-refractivity contribution < 1.29 is 0 Å². The van der Waals surface area contributed by atoms with Crippen molar-refractivity contribution in [3.05, 3.63) is 41.5 Å². The summed E-state index contributed by atoms with van der Waals surface area (Å²) < 4.78 is 0. The van der Waals surface area contributed by atoms with Crippen molar-refractivity contribution in [3.8, 4) is 0 Å². The molecular weight excluding hydrogens is 182 g/mol. The Bertz CT molecular complexity index is 351. The normalized spacial score (nSPS) is 25.7. The second-order valence-corrected chi connectivity index (χ2v) is 4.72. The van der Waals surface area contributed by atoms with Crippen molar-refractivity contribution in [2.24, 2.45) is 17.6 Å². The summed E-state index contributed by atoms with van der Waals surface area (Å²) in [5.41, 5.74) is 8.72. The third-order valence-electron chi connectivity index (χ3n) is 3.07. The highest BCUT2D eigenvalue weighted by atomic mass is 14.7. The molecule has 2 atom stereocenters. The molecule has 1 fully saturated rings. The smallest absolute Gasteiger partial charge is 0.0112 e. The Morgan fingerprint density at radius 1 is 1.33 bits per heavy atom. The number of hydrogen-bond donors (Lipinski definition) is 1. The average Bonchev–Trinajstić information content (AvgIpc) is 2.93. The maximum absolute atomic E-state index is 5.92. The van der Waals surface area contributed by atoms with Crippen molar-refractivity contribution in [3.63, 3.8) is 0 Å². The van der Waals surface area contributed by atoms with Crippen LogP contribution in [0.5, 0.6) is 0 Å². The molecule has 2 unspecified atom stereocenters. The largest absolute Gasteiger partial charge is 0.327 e. The lowest BCUT2D eigenvalue weighted by atomic mass is 9.96. The lowest BCUT2D eigenvalue weighted by molar-refractivity contribution is 0.699.